The summed E-state index contributed by atoms with van der Waals surface area (Å²) in [4.78, 5) is 14.7. The maximum atomic E-state index is 12.4. The number of carbonyl (C=O) groups is 1. The monoisotopic (exact) mass is 419 g/mol. The van der Waals surface area contributed by atoms with Gasteiger partial charge in [-0.3, -0.25) is 4.79 Å². The summed E-state index contributed by atoms with van der Waals surface area (Å²) in [5, 5.41) is 15.8. The Labute approximate surface area is 182 Å². The lowest BCUT2D eigenvalue weighted by Gasteiger charge is -2.20. The number of carbonyl (C=O) groups excluding carboxylic acids is 1. The standard InChI is InChI=1S/C24H29N5O2/c1-17-21(18(2)31-28-17)10-13-24(30)25-20-9-7-8-19(16-20)22-11-12-23(27-26-22)29-14-5-3-4-6-15-29/h7-9,11-12,16H,3-6,10,13-15H2,1-2H3,(H,25,30). The molecule has 1 aliphatic rings. The van der Waals surface area contributed by atoms with Crippen molar-refractivity contribution in [3.63, 3.8) is 0 Å². The number of hydrogen-bond donors (Lipinski definition) is 1. The van der Waals surface area contributed by atoms with Gasteiger partial charge >= 0.3 is 0 Å². The fourth-order valence-corrected chi connectivity index (χ4v) is 4.02. The lowest BCUT2D eigenvalue weighted by Crippen LogP contribution is -2.25. The average Bonchev–Trinajstić information content (AvgIpc) is 2.97. The van der Waals surface area contributed by atoms with E-state index in [1.165, 1.54) is 25.7 Å². The number of benzene rings is 1. The predicted molar refractivity (Wildman–Crippen MR) is 121 cm³/mol. The third-order valence-electron chi connectivity index (χ3n) is 5.81. The van der Waals surface area contributed by atoms with E-state index in [2.05, 4.69) is 25.6 Å². The second kappa shape index (κ2) is 9.73. The molecule has 3 heterocycles. The third-order valence-corrected chi connectivity index (χ3v) is 5.81. The topological polar surface area (TPSA) is 84.2 Å². The van der Waals surface area contributed by atoms with Gasteiger partial charge < -0.3 is 14.7 Å². The number of hydrogen-bond acceptors (Lipinski definition) is 6. The Hall–Kier alpha value is -3.22. The minimum atomic E-state index is -0.0419. The van der Waals surface area contributed by atoms with Crippen LogP contribution in [0.5, 0.6) is 0 Å². The van der Waals surface area contributed by atoms with Crippen molar-refractivity contribution in [2.75, 3.05) is 23.3 Å². The lowest BCUT2D eigenvalue weighted by atomic mass is 10.1. The molecule has 1 saturated heterocycles. The molecule has 2 aromatic heterocycles. The summed E-state index contributed by atoms with van der Waals surface area (Å²) in [6, 6.07) is 11.8. The molecule has 1 amide bonds. The van der Waals surface area contributed by atoms with Crippen LogP contribution in [0.1, 0.15) is 49.1 Å². The zero-order valence-electron chi connectivity index (χ0n) is 18.2. The summed E-state index contributed by atoms with van der Waals surface area (Å²) in [5.41, 5.74) is 4.32. The van der Waals surface area contributed by atoms with Crippen LogP contribution in [-0.4, -0.2) is 34.4 Å². The maximum Gasteiger partial charge on any atom is 0.224 e. The van der Waals surface area contributed by atoms with E-state index in [9.17, 15) is 4.79 Å². The molecule has 1 N–H and O–H groups in total. The summed E-state index contributed by atoms with van der Waals surface area (Å²) in [6.45, 7) is 5.86. The van der Waals surface area contributed by atoms with Crippen LogP contribution in [0.3, 0.4) is 0 Å². The highest BCUT2D eigenvalue weighted by Gasteiger charge is 2.13. The molecule has 0 aliphatic carbocycles. The van der Waals surface area contributed by atoms with Gasteiger partial charge in [0.05, 0.1) is 11.4 Å². The van der Waals surface area contributed by atoms with Crippen LogP contribution < -0.4 is 10.2 Å². The Morgan fingerprint density at radius 1 is 1.06 bits per heavy atom. The Bertz CT molecular complexity index is 1000. The van der Waals surface area contributed by atoms with Gasteiger partial charge in [0.1, 0.15) is 5.76 Å². The molecule has 7 heteroatoms. The van der Waals surface area contributed by atoms with Crippen molar-refractivity contribution in [1.82, 2.24) is 15.4 Å². The van der Waals surface area contributed by atoms with E-state index in [1.807, 2.05) is 50.2 Å². The molecule has 7 nitrogen and oxygen atoms in total. The molecule has 1 aliphatic heterocycles. The van der Waals surface area contributed by atoms with Crippen LogP contribution >= 0.6 is 0 Å². The zero-order chi connectivity index (χ0) is 21.6. The molecule has 4 rings (SSSR count). The second-order valence-electron chi connectivity index (χ2n) is 8.11. The Morgan fingerprint density at radius 2 is 1.87 bits per heavy atom. The normalized spacial score (nSPS) is 14.3. The molecule has 3 aromatic rings. The van der Waals surface area contributed by atoms with Gasteiger partial charge in [0.15, 0.2) is 5.82 Å². The average molecular weight is 420 g/mol. The quantitative estimate of drug-likeness (QED) is 0.623. The van der Waals surface area contributed by atoms with Crippen LogP contribution in [0.2, 0.25) is 0 Å². The molecular weight excluding hydrogens is 390 g/mol. The fraction of sp³-hybridized carbons (Fsp3) is 0.417. The maximum absolute atomic E-state index is 12.4. The minimum absolute atomic E-state index is 0.0419. The highest BCUT2D eigenvalue weighted by molar-refractivity contribution is 5.91. The Morgan fingerprint density at radius 3 is 2.55 bits per heavy atom. The van der Waals surface area contributed by atoms with E-state index in [-0.39, 0.29) is 5.91 Å². The highest BCUT2D eigenvalue weighted by atomic mass is 16.5. The molecule has 0 spiro atoms. The van der Waals surface area contributed by atoms with Gasteiger partial charge in [0, 0.05) is 36.3 Å². The van der Waals surface area contributed by atoms with Crippen molar-refractivity contribution >= 4 is 17.4 Å². The SMILES string of the molecule is Cc1noc(C)c1CCC(=O)Nc1cccc(-c2ccc(N3CCCCCC3)nn2)c1. The Kier molecular flexibility index (Phi) is 6.60. The first-order valence-corrected chi connectivity index (χ1v) is 11.0. The van der Waals surface area contributed by atoms with Gasteiger partial charge in [-0.15, -0.1) is 10.2 Å². The first kappa shape index (κ1) is 21.0. The molecule has 162 valence electrons. The molecule has 0 saturated carbocycles. The molecular formula is C24H29N5O2. The summed E-state index contributed by atoms with van der Waals surface area (Å²) in [7, 11) is 0. The van der Waals surface area contributed by atoms with Gasteiger partial charge in [-0.2, -0.15) is 0 Å². The Balaban J connectivity index is 1.39. The summed E-state index contributed by atoms with van der Waals surface area (Å²) in [6.07, 6.45) is 5.98. The number of aromatic nitrogens is 3. The minimum Gasteiger partial charge on any atom is -0.361 e. The predicted octanol–water partition coefficient (Wildman–Crippen LogP) is 4.70. The molecule has 1 aromatic carbocycles. The van der Waals surface area contributed by atoms with Crippen molar-refractivity contribution in [3.8, 4) is 11.3 Å². The smallest absolute Gasteiger partial charge is 0.224 e. The van der Waals surface area contributed by atoms with Crippen LogP contribution in [0, 0.1) is 13.8 Å². The largest absolute Gasteiger partial charge is 0.361 e. The number of anilines is 2. The number of nitrogens with zero attached hydrogens (tertiary/aromatic N) is 4. The molecule has 1 fully saturated rings. The van der Waals surface area contributed by atoms with Crippen molar-refractivity contribution in [3.05, 3.63) is 53.4 Å². The van der Waals surface area contributed by atoms with Crippen molar-refractivity contribution in [2.24, 2.45) is 0 Å². The van der Waals surface area contributed by atoms with Gasteiger partial charge in [0.2, 0.25) is 5.91 Å². The second-order valence-corrected chi connectivity index (χ2v) is 8.11. The number of amides is 1. The van der Waals surface area contributed by atoms with E-state index in [1.54, 1.807) is 0 Å². The van der Waals surface area contributed by atoms with Crippen LogP contribution in [0.25, 0.3) is 11.3 Å². The van der Waals surface area contributed by atoms with Gasteiger partial charge in [-0.25, -0.2) is 0 Å². The number of aryl methyl sites for hydroxylation is 2. The van der Waals surface area contributed by atoms with Crippen molar-refractivity contribution in [1.29, 1.82) is 0 Å². The van der Waals surface area contributed by atoms with Crippen molar-refractivity contribution in [2.45, 2.75) is 52.4 Å². The number of nitrogens with one attached hydrogen (secondary N) is 1. The molecule has 31 heavy (non-hydrogen) atoms. The van der Waals surface area contributed by atoms with Crippen molar-refractivity contribution < 1.29 is 9.32 Å². The number of rotatable bonds is 6. The first-order valence-electron chi connectivity index (χ1n) is 11.0. The van der Waals surface area contributed by atoms with E-state index in [0.717, 1.165) is 52.9 Å². The summed E-state index contributed by atoms with van der Waals surface area (Å²) in [5.74, 6) is 1.67. The highest BCUT2D eigenvalue weighted by Crippen LogP contribution is 2.23. The van der Waals surface area contributed by atoms with Gasteiger partial charge in [0.25, 0.3) is 0 Å². The summed E-state index contributed by atoms with van der Waals surface area (Å²) >= 11 is 0. The molecule has 0 bridgehead atoms. The third kappa shape index (κ3) is 5.29. The first-order chi connectivity index (χ1) is 15.1. The van der Waals surface area contributed by atoms with E-state index in [0.29, 0.717) is 12.8 Å². The van der Waals surface area contributed by atoms with Gasteiger partial charge in [-0.05, 0) is 57.4 Å². The molecule has 0 unspecified atom stereocenters. The van der Waals surface area contributed by atoms with E-state index in [4.69, 9.17) is 4.52 Å². The van der Waals surface area contributed by atoms with E-state index < -0.39 is 0 Å². The van der Waals surface area contributed by atoms with Crippen LogP contribution in [0.4, 0.5) is 11.5 Å². The van der Waals surface area contributed by atoms with Gasteiger partial charge in [-0.1, -0.05) is 30.1 Å². The molecule has 0 atom stereocenters. The lowest BCUT2D eigenvalue weighted by molar-refractivity contribution is -0.116. The fourth-order valence-electron chi connectivity index (χ4n) is 4.02. The molecule has 0 radical (unpaired) electrons. The van der Waals surface area contributed by atoms with Crippen LogP contribution in [0.15, 0.2) is 40.9 Å². The summed E-state index contributed by atoms with van der Waals surface area (Å²) < 4.78 is 5.17. The zero-order valence-corrected chi connectivity index (χ0v) is 18.2. The van der Waals surface area contributed by atoms with Crippen LogP contribution in [-0.2, 0) is 11.2 Å². The van der Waals surface area contributed by atoms with E-state index >= 15 is 0 Å².